The number of nitro benzene ring substituents is 1. The van der Waals surface area contributed by atoms with E-state index in [1.165, 1.54) is 0 Å². The van der Waals surface area contributed by atoms with E-state index in [0.29, 0.717) is 11.5 Å². The van der Waals surface area contributed by atoms with Gasteiger partial charge in [0.15, 0.2) is 0 Å². The molecule has 2 N–H and O–H groups in total. The molecule has 1 atom stereocenters. The molecule has 1 aliphatic heterocycles. The zero-order valence-electron chi connectivity index (χ0n) is 10.5. The quantitative estimate of drug-likeness (QED) is 0.659. The summed E-state index contributed by atoms with van der Waals surface area (Å²) in [6, 6.07) is 5.12. The van der Waals surface area contributed by atoms with E-state index in [1.807, 2.05) is 6.07 Å². The summed E-state index contributed by atoms with van der Waals surface area (Å²) in [6.45, 7) is 3.19. The summed E-state index contributed by atoms with van der Waals surface area (Å²) in [4.78, 5) is 10.6. The van der Waals surface area contributed by atoms with Crippen LogP contribution in [0.5, 0.6) is 0 Å². The second kappa shape index (κ2) is 5.46. The zero-order valence-corrected chi connectivity index (χ0v) is 10.5. The molecule has 1 aliphatic rings. The molecule has 0 saturated carbocycles. The van der Waals surface area contributed by atoms with Gasteiger partial charge < -0.3 is 10.5 Å². The molecule has 1 heterocycles. The predicted octanol–water partition coefficient (Wildman–Crippen LogP) is 2.33. The zero-order chi connectivity index (χ0) is 13.1. The number of ether oxygens (including phenoxy) is 1. The Morgan fingerprint density at radius 2 is 2.11 bits per heavy atom. The second-order valence-corrected chi connectivity index (χ2v) is 4.78. The number of aryl methyl sites for hydroxylation is 1. The fourth-order valence-corrected chi connectivity index (χ4v) is 2.38. The van der Waals surface area contributed by atoms with Crippen LogP contribution in [0.3, 0.4) is 0 Å². The third-order valence-corrected chi connectivity index (χ3v) is 3.59. The molecule has 1 saturated heterocycles. The lowest BCUT2D eigenvalue weighted by Gasteiger charge is -2.27. The van der Waals surface area contributed by atoms with Crippen LogP contribution < -0.4 is 5.73 Å². The lowest BCUT2D eigenvalue weighted by atomic mass is 9.87. The van der Waals surface area contributed by atoms with E-state index in [-0.39, 0.29) is 16.7 Å². The number of rotatable bonds is 3. The first-order valence-electron chi connectivity index (χ1n) is 6.18. The average Bonchev–Trinajstić information content (AvgIpc) is 2.39. The van der Waals surface area contributed by atoms with Crippen molar-refractivity contribution in [3.05, 3.63) is 39.4 Å². The third kappa shape index (κ3) is 2.68. The standard InChI is InChI=1S/C13H18N2O3/c1-9-2-3-11(8-12(9)15(16)17)13(14)10-4-6-18-7-5-10/h2-3,8,10,13H,4-7,14H2,1H3/t13-/m1/s1. The predicted molar refractivity (Wildman–Crippen MR) is 68.3 cm³/mol. The van der Waals surface area contributed by atoms with Gasteiger partial charge in [-0.25, -0.2) is 0 Å². The van der Waals surface area contributed by atoms with Crippen LogP contribution in [0.25, 0.3) is 0 Å². The summed E-state index contributed by atoms with van der Waals surface area (Å²) in [7, 11) is 0. The van der Waals surface area contributed by atoms with Crippen LogP contribution in [0.15, 0.2) is 18.2 Å². The number of benzene rings is 1. The van der Waals surface area contributed by atoms with Crippen LogP contribution in [-0.2, 0) is 4.74 Å². The minimum atomic E-state index is -0.352. The average molecular weight is 250 g/mol. The van der Waals surface area contributed by atoms with Crippen molar-refractivity contribution in [2.75, 3.05) is 13.2 Å². The summed E-state index contributed by atoms with van der Waals surface area (Å²) in [6.07, 6.45) is 1.84. The monoisotopic (exact) mass is 250 g/mol. The molecule has 0 bridgehead atoms. The van der Waals surface area contributed by atoms with E-state index in [1.54, 1.807) is 19.1 Å². The highest BCUT2D eigenvalue weighted by atomic mass is 16.6. The van der Waals surface area contributed by atoms with Crippen molar-refractivity contribution in [1.29, 1.82) is 0 Å². The molecule has 1 aromatic carbocycles. The van der Waals surface area contributed by atoms with E-state index in [4.69, 9.17) is 10.5 Å². The van der Waals surface area contributed by atoms with Gasteiger partial charge in [0.2, 0.25) is 0 Å². The Labute approximate surface area is 106 Å². The molecular weight excluding hydrogens is 232 g/mol. The van der Waals surface area contributed by atoms with Gasteiger partial charge in [0.25, 0.3) is 5.69 Å². The summed E-state index contributed by atoms with van der Waals surface area (Å²) in [5.74, 6) is 0.348. The van der Waals surface area contributed by atoms with Crippen LogP contribution in [0.2, 0.25) is 0 Å². The molecule has 0 unspecified atom stereocenters. The highest BCUT2D eigenvalue weighted by molar-refractivity contribution is 5.43. The van der Waals surface area contributed by atoms with Gasteiger partial charge in [0, 0.05) is 30.9 Å². The Balaban J connectivity index is 2.21. The van der Waals surface area contributed by atoms with Gasteiger partial charge >= 0.3 is 0 Å². The Morgan fingerprint density at radius 1 is 1.44 bits per heavy atom. The Bertz CT molecular complexity index is 442. The molecule has 1 fully saturated rings. The fraction of sp³-hybridized carbons (Fsp3) is 0.538. The van der Waals surface area contributed by atoms with E-state index in [9.17, 15) is 10.1 Å². The van der Waals surface area contributed by atoms with Crippen LogP contribution in [-0.4, -0.2) is 18.1 Å². The minimum Gasteiger partial charge on any atom is -0.381 e. The topological polar surface area (TPSA) is 78.4 Å². The molecule has 5 nitrogen and oxygen atoms in total. The molecule has 0 aliphatic carbocycles. The number of nitro groups is 1. The maximum atomic E-state index is 10.9. The Morgan fingerprint density at radius 3 is 2.72 bits per heavy atom. The molecule has 2 rings (SSSR count). The Hall–Kier alpha value is -1.46. The summed E-state index contributed by atoms with van der Waals surface area (Å²) in [5, 5.41) is 10.9. The van der Waals surface area contributed by atoms with Crippen LogP contribution in [0.4, 0.5) is 5.69 Å². The summed E-state index contributed by atoms with van der Waals surface area (Å²) >= 11 is 0. The maximum absolute atomic E-state index is 10.9. The largest absolute Gasteiger partial charge is 0.381 e. The minimum absolute atomic E-state index is 0.145. The van der Waals surface area contributed by atoms with E-state index >= 15 is 0 Å². The summed E-state index contributed by atoms with van der Waals surface area (Å²) in [5.41, 5.74) is 7.87. The van der Waals surface area contributed by atoms with Gasteiger partial charge in [-0.2, -0.15) is 0 Å². The molecule has 98 valence electrons. The van der Waals surface area contributed by atoms with Crippen LogP contribution in [0, 0.1) is 23.0 Å². The normalized spacial score (nSPS) is 18.6. The van der Waals surface area contributed by atoms with Crippen molar-refractivity contribution < 1.29 is 9.66 Å². The molecule has 0 radical (unpaired) electrons. The fourth-order valence-electron chi connectivity index (χ4n) is 2.38. The van der Waals surface area contributed by atoms with Crippen molar-refractivity contribution in [3.63, 3.8) is 0 Å². The lowest BCUT2D eigenvalue weighted by molar-refractivity contribution is -0.385. The second-order valence-electron chi connectivity index (χ2n) is 4.78. The molecule has 1 aromatic rings. The van der Waals surface area contributed by atoms with Gasteiger partial charge in [0.1, 0.15) is 0 Å². The van der Waals surface area contributed by atoms with Crippen molar-refractivity contribution >= 4 is 5.69 Å². The van der Waals surface area contributed by atoms with Gasteiger partial charge in [0.05, 0.1) is 4.92 Å². The first kappa shape index (κ1) is 13.0. The first-order valence-corrected chi connectivity index (χ1v) is 6.18. The highest BCUT2D eigenvalue weighted by Crippen LogP contribution is 2.30. The Kier molecular flexibility index (Phi) is 3.93. The highest BCUT2D eigenvalue weighted by Gasteiger charge is 2.24. The van der Waals surface area contributed by atoms with E-state index in [0.717, 1.165) is 31.6 Å². The number of nitrogens with two attached hydrogens (primary N) is 1. The summed E-state index contributed by atoms with van der Waals surface area (Å²) < 4.78 is 5.30. The third-order valence-electron chi connectivity index (χ3n) is 3.59. The van der Waals surface area contributed by atoms with Gasteiger partial charge in [-0.15, -0.1) is 0 Å². The van der Waals surface area contributed by atoms with Gasteiger partial charge in [-0.3, -0.25) is 10.1 Å². The molecule has 5 heteroatoms. The molecule has 0 amide bonds. The smallest absolute Gasteiger partial charge is 0.272 e. The first-order chi connectivity index (χ1) is 8.59. The number of hydrogen-bond donors (Lipinski definition) is 1. The molecule has 0 aromatic heterocycles. The van der Waals surface area contributed by atoms with Crippen molar-refractivity contribution in [1.82, 2.24) is 0 Å². The van der Waals surface area contributed by atoms with Gasteiger partial charge in [-0.1, -0.05) is 12.1 Å². The SMILES string of the molecule is Cc1ccc([C@H](N)C2CCOCC2)cc1[N+](=O)[O-]. The molecular formula is C13H18N2O3. The molecule has 0 spiro atoms. The lowest BCUT2D eigenvalue weighted by Crippen LogP contribution is -2.27. The van der Waals surface area contributed by atoms with Crippen LogP contribution in [0.1, 0.15) is 30.0 Å². The van der Waals surface area contributed by atoms with Crippen molar-refractivity contribution in [3.8, 4) is 0 Å². The van der Waals surface area contributed by atoms with Crippen molar-refractivity contribution in [2.45, 2.75) is 25.8 Å². The van der Waals surface area contributed by atoms with Crippen molar-refractivity contribution in [2.24, 2.45) is 11.7 Å². The van der Waals surface area contributed by atoms with E-state index < -0.39 is 0 Å². The molecule has 18 heavy (non-hydrogen) atoms. The maximum Gasteiger partial charge on any atom is 0.272 e. The number of nitrogens with zero attached hydrogens (tertiary/aromatic N) is 1. The van der Waals surface area contributed by atoms with E-state index in [2.05, 4.69) is 0 Å². The number of hydrogen-bond acceptors (Lipinski definition) is 4. The van der Waals surface area contributed by atoms with Crippen LogP contribution >= 0.6 is 0 Å². The van der Waals surface area contributed by atoms with Gasteiger partial charge in [-0.05, 0) is 31.2 Å².